The van der Waals surface area contributed by atoms with Crippen molar-refractivity contribution in [2.24, 2.45) is 5.92 Å². The normalized spacial score (nSPS) is 21.7. The molecule has 0 radical (unpaired) electrons. The van der Waals surface area contributed by atoms with E-state index >= 15 is 0 Å². The Kier molecular flexibility index (Phi) is 5.03. The predicted octanol–water partition coefficient (Wildman–Crippen LogP) is 1.80. The van der Waals surface area contributed by atoms with Crippen molar-refractivity contribution >= 4 is 29.1 Å². The van der Waals surface area contributed by atoms with Crippen LogP contribution in [-0.4, -0.2) is 23.0 Å². The molecule has 1 atom stereocenters. The smallest absolute Gasteiger partial charge is 0.240 e. The Hall–Kier alpha value is -1.79. The number of amides is 2. The summed E-state index contributed by atoms with van der Waals surface area (Å²) in [6.07, 6.45) is 5.79. The summed E-state index contributed by atoms with van der Waals surface area (Å²) >= 11 is 4.89. The molecule has 0 spiro atoms. The molecule has 1 aliphatic heterocycles. The third-order valence-corrected chi connectivity index (χ3v) is 4.75. The zero-order valence-electron chi connectivity index (χ0n) is 12.9. The maximum atomic E-state index is 12.4. The summed E-state index contributed by atoms with van der Waals surface area (Å²) in [6.45, 7) is 0. The Labute approximate surface area is 141 Å². The van der Waals surface area contributed by atoms with Gasteiger partial charge in [0.2, 0.25) is 11.8 Å². The first-order valence-electron chi connectivity index (χ1n) is 8.12. The molecule has 1 saturated carbocycles. The monoisotopic (exact) mass is 331 g/mol. The Bertz CT molecular complexity index is 579. The number of hydrogen-bond acceptors (Lipinski definition) is 4. The molecule has 3 rings (SSSR count). The lowest BCUT2D eigenvalue weighted by atomic mass is 9.87. The summed E-state index contributed by atoms with van der Waals surface area (Å²) < 4.78 is 0. The highest BCUT2D eigenvalue weighted by Gasteiger charge is 2.40. The van der Waals surface area contributed by atoms with E-state index in [1.165, 1.54) is 19.3 Å². The first kappa shape index (κ1) is 16.1. The van der Waals surface area contributed by atoms with Crippen LogP contribution < -0.4 is 16.0 Å². The number of carbonyl (C=O) groups excluding carboxylic acids is 2. The van der Waals surface area contributed by atoms with Crippen LogP contribution in [0.3, 0.4) is 0 Å². The van der Waals surface area contributed by atoms with Gasteiger partial charge in [-0.1, -0.05) is 49.6 Å². The summed E-state index contributed by atoms with van der Waals surface area (Å²) in [4.78, 5) is 24.7. The number of thiocarbonyl (C=S) groups is 1. The maximum absolute atomic E-state index is 12.4. The van der Waals surface area contributed by atoms with E-state index in [1.54, 1.807) is 0 Å². The van der Waals surface area contributed by atoms with E-state index in [4.69, 9.17) is 12.2 Å². The molecule has 23 heavy (non-hydrogen) atoms. The number of benzene rings is 1. The van der Waals surface area contributed by atoms with Gasteiger partial charge in [-0.2, -0.15) is 0 Å². The highest BCUT2D eigenvalue weighted by molar-refractivity contribution is 7.80. The molecular weight excluding hydrogens is 310 g/mol. The average molecular weight is 331 g/mol. The fourth-order valence-corrected chi connectivity index (χ4v) is 3.60. The van der Waals surface area contributed by atoms with Crippen LogP contribution in [0.1, 0.15) is 43.7 Å². The first-order valence-corrected chi connectivity index (χ1v) is 8.52. The van der Waals surface area contributed by atoms with Gasteiger partial charge in [0.25, 0.3) is 0 Å². The summed E-state index contributed by atoms with van der Waals surface area (Å²) in [6, 6.07) is 9.67. The molecule has 2 aliphatic rings. The van der Waals surface area contributed by atoms with Gasteiger partial charge in [-0.05, 0) is 30.6 Å². The van der Waals surface area contributed by atoms with Crippen molar-refractivity contribution in [3.63, 3.8) is 0 Å². The van der Waals surface area contributed by atoms with E-state index in [1.807, 2.05) is 30.3 Å². The molecule has 1 aromatic rings. The van der Waals surface area contributed by atoms with Gasteiger partial charge in [0, 0.05) is 6.04 Å². The van der Waals surface area contributed by atoms with E-state index in [9.17, 15) is 9.59 Å². The second kappa shape index (κ2) is 7.19. The Morgan fingerprint density at radius 1 is 1.00 bits per heavy atom. The second-order valence-corrected chi connectivity index (χ2v) is 6.58. The number of hydrogen-bond donors (Lipinski definition) is 3. The molecule has 1 heterocycles. The minimum atomic E-state index is -0.814. The molecule has 2 fully saturated rings. The molecule has 3 N–H and O–H groups in total. The van der Waals surface area contributed by atoms with Gasteiger partial charge in [0.1, 0.15) is 5.92 Å². The van der Waals surface area contributed by atoms with Crippen LogP contribution in [0, 0.1) is 5.92 Å². The molecule has 0 bridgehead atoms. The molecule has 122 valence electrons. The zero-order valence-corrected chi connectivity index (χ0v) is 13.7. The summed E-state index contributed by atoms with van der Waals surface area (Å²) in [5.41, 5.74) is 0.946. The van der Waals surface area contributed by atoms with Crippen LogP contribution in [0.2, 0.25) is 0 Å². The highest BCUT2D eigenvalue weighted by atomic mass is 32.1. The molecule has 0 aromatic heterocycles. The molecule has 1 saturated heterocycles. The topological polar surface area (TPSA) is 70.2 Å². The fraction of sp³-hybridized carbons (Fsp3) is 0.471. The van der Waals surface area contributed by atoms with Crippen LogP contribution in [0.4, 0.5) is 0 Å². The second-order valence-electron chi connectivity index (χ2n) is 6.18. The number of nitrogens with one attached hydrogen (secondary N) is 3. The maximum Gasteiger partial charge on any atom is 0.240 e. The zero-order chi connectivity index (χ0) is 16.2. The van der Waals surface area contributed by atoms with Crippen molar-refractivity contribution in [3.05, 3.63) is 35.9 Å². The van der Waals surface area contributed by atoms with Crippen molar-refractivity contribution in [2.45, 2.75) is 44.2 Å². The lowest BCUT2D eigenvalue weighted by Gasteiger charge is -2.34. The lowest BCUT2D eigenvalue weighted by molar-refractivity contribution is -0.136. The summed E-state index contributed by atoms with van der Waals surface area (Å²) in [5, 5.41) is 8.77. The van der Waals surface area contributed by atoms with Gasteiger partial charge < -0.3 is 16.0 Å². The average Bonchev–Trinajstić information content (AvgIpc) is 2.55. The molecule has 5 nitrogen and oxygen atoms in total. The van der Waals surface area contributed by atoms with Gasteiger partial charge in [0.05, 0.1) is 6.04 Å². The Balaban J connectivity index is 1.86. The van der Waals surface area contributed by atoms with Crippen molar-refractivity contribution in [3.8, 4) is 0 Å². The molecule has 1 unspecified atom stereocenters. The van der Waals surface area contributed by atoms with Crippen LogP contribution in [0.25, 0.3) is 0 Å². The number of rotatable bonds is 4. The van der Waals surface area contributed by atoms with E-state index < -0.39 is 5.92 Å². The molecular formula is C17H21N3O2S. The third-order valence-electron chi connectivity index (χ3n) is 4.55. The Morgan fingerprint density at radius 3 is 2.22 bits per heavy atom. The van der Waals surface area contributed by atoms with Crippen molar-refractivity contribution in [1.82, 2.24) is 16.0 Å². The first-order chi connectivity index (χ1) is 11.1. The van der Waals surface area contributed by atoms with Crippen molar-refractivity contribution < 1.29 is 9.59 Å². The SMILES string of the molecule is O=C1NC(=S)NC(=O)C1C(NC1CCCCC1)c1ccccc1. The van der Waals surface area contributed by atoms with E-state index in [2.05, 4.69) is 16.0 Å². The fourth-order valence-electron chi connectivity index (χ4n) is 3.40. The minimum absolute atomic E-state index is 0.0840. The van der Waals surface area contributed by atoms with E-state index in [-0.39, 0.29) is 23.0 Å². The standard InChI is InChI=1S/C17H21N3O2S/c21-15-13(16(22)20-17(23)19-15)14(11-7-3-1-4-8-11)18-12-9-5-2-6-10-12/h1,3-4,7-8,12-14,18H,2,5-6,9-10H2,(H2,19,20,21,22,23). The van der Waals surface area contributed by atoms with Gasteiger partial charge in [-0.15, -0.1) is 0 Å². The largest absolute Gasteiger partial charge is 0.306 e. The third kappa shape index (κ3) is 3.76. The van der Waals surface area contributed by atoms with E-state index in [0.29, 0.717) is 6.04 Å². The van der Waals surface area contributed by atoms with Crippen LogP contribution in [0.15, 0.2) is 30.3 Å². The molecule has 1 aromatic carbocycles. The number of carbonyl (C=O) groups is 2. The molecule has 2 amide bonds. The molecule has 1 aliphatic carbocycles. The van der Waals surface area contributed by atoms with Crippen LogP contribution in [-0.2, 0) is 9.59 Å². The van der Waals surface area contributed by atoms with Crippen molar-refractivity contribution in [1.29, 1.82) is 0 Å². The summed E-state index contributed by atoms with van der Waals surface area (Å²) in [7, 11) is 0. The van der Waals surface area contributed by atoms with Crippen LogP contribution >= 0.6 is 12.2 Å². The minimum Gasteiger partial charge on any atom is -0.306 e. The Morgan fingerprint density at radius 2 is 1.61 bits per heavy atom. The quantitative estimate of drug-likeness (QED) is 0.581. The van der Waals surface area contributed by atoms with Crippen LogP contribution in [0.5, 0.6) is 0 Å². The molecule has 6 heteroatoms. The highest BCUT2D eigenvalue weighted by Crippen LogP contribution is 2.28. The van der Waals surface area contributed by atoms with E-state index in [0.717, 1.165) is 18.4 Å². The van der Waals surface area contributed by atoms with Gasteiger partial charge >= 0.3 is 0 Å². The lowest BCUT2D eigenvalue weighted by Crippen LogP contribution is -2.59. The predicted molar refractivity (Wildman–Crippen MR) is 91.6 cm³/mol. The summed E-state index contributed by atoms with van der Waals surface area (Å²) in [5.74, 6) is -1.49. The van der Waals surface area contributed by atoms with Gasteiger partial charge in [-0.25, -0.2) is 0 Å². The van der Waals surface area contributed by atoms with Gasteiger partial charge in [0.15, 0.2) is 5.11 Å². The van der Waals surface area contributed by atoms with Gasteiger partial charge in [-0.3, -0.25) is 9.59 Å². The van der Waals surface area contributed by atoms with Crippen molar-refractivity contribution in [2.75, 3.05) is 0 Å².